The summed E-state index contributed by atoms with van der Waals surface area (Å²) in [5, 5.41) is 52.8. The first kappa shape index (κ1) is 23.4. The SMILES string of the molecule is CC(O)C(NC(=O)OCCCCC(CON(O)O)ON(O)O)C(=O)O. The Morgan fingerprint density at radius 2 is 1.76 bits per heavy atom. The number of rotatable bonds is 13. The number of hydrogen-bond acceptors (Lipinski definition) is 12. The predicted molar refractivity (Wildman–Crippen MR) is 73.1 cm³/mol. The Hall–Kier alpha value is -1.62. The molecule has 14 nitrogen and oxygen atoms in total. The summed E-state index contributed by atoms with van der Waals surface area (Å²) in [7, 11) is 0. The maximum Gasteiger partial charge on any atom is 0.407 e. The molecule has 0 saturated carbocycles. The van der Waals surface area contributed by atoms with Crippen molar-refractivity contribution < 1.29 is 55.0 Å². The number of aliphatic hydroxyl groups excluding tert-OH is 1. The van der Waals surface area contributed by atoms with Crippen molar-refractivity contribution in [2.75, 3.05) is 13.2 Å². The van der Waals surface area contributed by atoms with Gasteiger partial charge in [0.1, 0.15) is 12.7 Å². The minimum absolute atomic E-state index is 0.0837. The van der Waals surface area contributed by atoms with E-state index in [0.29, 0.717) is 12.8 Å². The lowest BCUT2D eigenvalue weighted by molar-refractivity contribution is -0.527. The lowest BCUT2D eigenvalue weighted by Crippen LogP contribution is -2.47. The van der Waals surface area contributed by atoms with E-state index in [1.807, 2.05) is 5.32 Å². The fourth-order valence-corrected chi connectivity index (χ4v) is 1.65. The number of carboxylic acids is 1. The van der Waals surface area contributed by atoms with Crippen LogP contribution in [0.4, 0.5) is 4.79 Å². The van der Waals surface area contributed by atoms with E-state index in [-0.39, 0.29) is 13.0 Å². The smallest absolute Gasteiger partial charge is 0.407 e. The first-order valence-corrected chi connectivity index (χ1v) is 7.13. The van der Waals surface area contributed by atoms with Crippen LogP contribution in [0.2, 0.25) is 0 Å². The third kappa shape index (κ3) is 12.4. The molecule has 0 spiro atoms. The predicted octanol–water partition coefficient (Wildman–Crippen LogP) is -0.890. The second-order valence-electron chi connectivity index (χ2n) is 4.86. The minimum Gasteiger partial charge on any atom is -0.480 e. The van der Waals surface area contributed by atoms with Crippen molar-refractivity contribution in [1.29, 1.82) is 0 Å². The fourth-order valence-electron chi connectivity index (χ4n) is 1.65. The zero-order valence-electron chi connectivity index (χ0n) is 13.4. The summed E-state index contributed by atoms with van der Waals surface area (Å²) < 4.78 is 4.74. The minimum atomic E-state index is -1.50. The van der Waals surface area contributed by atoms with E-state index in [0.717, 1.165) is 0 Å². The molecule has 0 aromatic heterocycles. The number of carbonyl (C=O) groups is 2. The van der Waals surface area contributed by atoms with E-state index in [1.165, 1.54) is 6.92 Å². The number of ether oxygens (including phenoxy) is 1. The number of carbonyl (C=O) groups excluding carboxylic acids is 1. The van der Waals surface area contributed by atoms with Gasteiger partial charge in [0.05, 0.1) is 23.5 Å². The molecular formula is C11H23N3O11. The molecule has 3 atom stereocenters. The zero-order valence-corrected chi connectivity index (χ0v) is 13.4. The van der Waals surface area contributed by atoms with Gasteiger partial charge in [-0.2, -0.15) is 0 Å². The standard InChI is InChI=1S/C11H23N3O11/c1-7(15)9(10(16)17)12-11(18)23-5-3-2-4-8(25-14(21)22)6-24-13(19)20/h7-9,15,19-22H,2-6H2,1H3,(H,12,18)(H,16,17). The molecule has 0 aliphatic rings. The molecule has 0 aromatic rings. The molecule has 0 aliphatic heterocycles. The lowest BCUT2D eigenvalue weighted by Gasteiger charge is -2.19. The molecule has 148 valence electrons. The first-order valence-electron chi connectivity index (χ1n) is 7.13. The molecule has 0 saturated heterocycles. The van der Waals surface area contributed by atoms with Crippen molar-refractivity contribution >= 4 is 12.1 Å². The summed E-state index contributed by atoms with van der Waals surface area (Å²) in [5.41, 5.74) is 0. The molecule has 7 N–H and O–H groups in total. The highest BCUT2D eigenvalue weighted by Crippen LogP contribution is 2.07. The van der Waals surface area contributed by atoms with Crippen molar-refractivity contribution in [2.45, 2.75) is 44.4 Å². The van der Waals surface area contributed by atoms with Gasteiger partial charge >= 0.3 is 12.1 Å². The number of hydrogen-bond donors (Lipinski definition) is 7. The van der Waals surface area contributed by atoms with Gasteiger partial charge in [-0.05, 0) is 26.2 Å². The zero-order chi connectivity index (χ0) is 19.4. The highest BCUT2D eigenvalue weighted by Gasteiger charge is 2.25. The molecule has 14 heteroatoms. The third-order valence-corrected chi connectivity index (χ3v) is 2.79. The van der Waals surface area contributed by atoms with Crippen molar-refractivity contribution in [3.05, 3.63) is 0 Å². The van der Waals surface area contributed by atoms with Gasteiger partial charge < -0.3 is 20.3 Å². The van der Waals surface area contributed by atoms with Gasteiger partial charge in [0.2, 0.25) is 0 Å². The number of aliphatic carboxylic acids is 1. The Kier molecular flexibility index (Phi) is 11.9. The summed E-state index contributed by atoms with van der Waals surface area (Å²) in [6.07, 6.45) is -2.44. The second kappa shape index (κ2) is 12.7. The Morgan fingerprint density at radius 3 is 2.24 bits per heavy atom. The Labute approximate surface area is 142 Å². The second-order valence-corrected chi connectivity index (χ2v) is 4.86. The number of alkyl carbamates (subject to hydrolysis) is 1. The van der Waals surface area contributed by atoms with Crippen LogP contribution in [-0.4, -0.2) is 85.3 Å². The van der Waals surface area contributed by atoms with Gasteiger partial charge in [-0.25, -0.2) is 19.3 Å². The third-order valence-electron chi connectivity index (χ3n) is 2.79. The van der Waals surface area contributed by atoms with Crippen LogP contribution in [0.15, 0.2) is 0 Å². The summed E-state index contributed by atoms with van der Waals surface area (Å²) in [4.78, 5) is 31.0. The maximum atomic E-state index is 11.4. The maximum absolute atomic E-state index is 11.4. The van der Waals surface area contributed by atoms with Crippen LogP contribution in [-0.2, 0) is 19.2 Å². The van der Waals surface area contributed by atoms with Crippen molar-refractivity contribution in [1.82, 2.24) is 16.1 Å². The topological polar surface area (TPSA) is 202 Å². The highest BCUT2D eigenvalue weighted by atomic mass is 17.1. The number of unbranched alkanes of at least 4 members (excludes halogenated alkanes) is 1. The van der Waals surface area contributed by atoms with E-state index in [1.54, 1.807) is 0 Å². The average molecular weight is 373 g/mol. The summed E-state index contributed by atoms with van der Waals surface area (Å²) >= 11 is 0. The van der Waals surface area contributed by atoms with E-state index in [2.05, 4.69) is 9.68 Å². The summed E-state index contributed by atoms with van der Waals surface area (Å²) in [6.45, 7) is 0.701. The van der Waals surface area contributed by atoms with Gasteiger partial charge in [0.15, 0.2) is 6.04 Å². The molecule has 3 unspecified atom stereocenters. The van der Waals surface area contributed by atoms with Gasteiger partial charge in [-0.15, -0.1) is 0 Å². The fraction of sp³-hybridized carbons (Fsp3) is 0.818. The number of aliphatic hydroxyl groups is 1. The van der Waals surface area contributed by atoms with E-state index < -0.39 is 47.7 Å². The van der Waals surface area contributed by atoms with E-state index in [4.69, 9.17) is 30.7 Å². The van der Waals surface area contributed by atoms with Crippen LogP contribution in [0.1, 0.15) is 26.2 Å². The molecule has 0 rings (SSSR count). The Balaban J connectivity index is 4.03. The molecule has 0 radical (unpaired) electrons. The van der Waals surface area contributed by atoms with Crippen LogP contribution in [0, 0.1) is 0 Å². The van der Waals surface area contributed by atoms with Crippen molar-refractivity contribution in [3.8, 4) is 0 Å². The quantitative estimate of drug-likeness (QED) is 0.155. The first-order chi connectivity index (χ1) is 11.6. The van der Waals surface area contributed by atoms with E-state index in [9.17, 15) is 14.7 Å². The Bertz CT molecular complexity index is 393. The van der Waals surface area contributed by atoms with Crippen LogP contribution in [0.5, 0.6) is 0 Å². The van der Waals surface area contributed by atoms with Gasteiger partial charge in [-0.3, -0.25) is 20.8 Å². The largest absolute Gasteiger partial charge is 0.480 e. The Morgan fingerprint density at radius 1 is 1.12 bits per heavy atom. The summed E-state index contributed by atoms with van der Waals surface area (Å²) in [6, 6.07) is -1.50. The lowest BCUT2D eigenvalue weighted by atomic mass is 10.2. The van der Waals surface area contributed by atoms with Gasteiger partial charge in [-0.1, -0.05) is 0 Å². The number of carboxylic acid groups (broad SMARTS) is 1. The molecule has 25 heavy (non-hydrogen) atoms. The molecule has 0 bridgehead atoms. The number of amides is 1. The van der Waals surface area contributed by atoms with Gasteiger partial charge in [0.25, 0.3) is 0 Å². The monoisotopic (exact) mass is 373 g/mol. The van der Waals surface area contributed by atoms with Crippen LogP contribution < -0.4 is 5.32 Å². The van der Waals surface area contributed by atoms with Gasteiger partial charge in [0, 0.05) is 0 Å². The van der Waals surface area contributed by atoms with Crippen LogP contribution in [0.3, 0.4) is 0 Å². The summed E-state index contributed by atoms with van der Waals surface area (Å²) in [5.74, 6) is -1.41. The average Bonchev–Trinajstić information content (AvgIpc) is 2.48. The van der Waals surface area contributed by atoms with Crippen molar-refractivity contribution in [3.63, 3.8) is 0 Å². The number of nitrogens with one attached hydrogen (secondary N) is 1. The molecule has 0 aliphatic carbocycles. The molecule has 0 aromatic carbocycles. The molecule has 0 fully saturated rings. The molecular weight excluding hydrogens is 350 g/mol. The molecule has 0 heterocycles. The van der Waals surface area contributed by atoms with E-state index >= 15 is 0 Å². The van der Waals surface area contributed by atoms with Crippen molar-refractivity contribution in [2.24, 2.45) is 0 Å². The normalized spacial score (nSPS) is 15.0. The molecule has 1 amide bonds. The number of nitrogens with zero attached hydrogens (tertiary/aromatic N) is 2. The highest BCUT2D eigenvalue weighted by molar-refractivity contribution is 5.80. The van der Waals surface area contributed by atoms with Crippen LogP contribution in [0.25, 0.3) is 0 Å². The van der Waals surface area contributed by atoms with Crippen LogP contribution >= 0.6 is 0 Å².